The minimum atomic E-state index is -0.164. The van der Waals surface area contributed by atoms with Crippen LogP contribution in [-0.2, 0) is 13.7 Å². The van der Waals surface area contributed by atoms with Crippen LogP contribution in [-0.4, -0.2) is 25.1 Å². The van der Waals surface area contributed by atoms with Gasteiger partial charge in [-0.15, -0.1) is 0 Å². The highest BCUT2D eigenvalue weighted by Crippen LogP contribution is 2.19. The van der Waals surface area contributed by atoms with Gasteiger partial charge in [-0.1, -0.05) is 0 Å². The maximum absolute atomic E-state index is 8.90. The van der Waals surface area contributed by atoms with Crippen LogP contribution in [0.15, 0.2) is 17.0 Å². The Balaban J connectivity index is 2.45. The van der Waals surface area contributed by atoms with Gasteiger partial charge in [0, 0.05) is 7.05 Å². The average Bonchev–Trinajstić information content (AvgIpc) is 2.71. The summed E-state index contributed by atoms with van der Waals surface area (Å²) in [6.45, 7) is -0.164. The Hall–Kier alpha value is -1.69. The predicted octanol–water partition coefficient (Wildman–Crippen LogP) is -0.0376. The van der Waals surface area contributed by atoms with E-state index < -0.39 is 0 Å². The lowest BCUT2D eigenvalue weighted by Crippen LogP contribution is -1.92. The number of aliphatic hydroxyl groups excluding tert-OH is 1. The van der Waals surface area contributed by atoms with Gasteiger partial charge < -0.3 is 9.52 Å². The molecule has 0 aliphatic carbocycles. The van der Waals surface area contributed by atoms with Crippen molar-refractivity contribution >= 4 is 0 Å². The van der Waals surface area contributed by atoms with E-state index in [0.717, 1.165) is 0 Å². The van der Waals surface area contributed by atoms with Crippen LogP contribution in [0.3, 0.4) is 0 Å². The standard InChI is InChI=1S/C7H8N4O2/c1-11-9-2-5(10-11)7-6(3-12)8-4-13-7/h2,4,12H,3H2,1H3. The fraction of sp³-hybridized carbons (Fsp3) is 0.286. The van der Waals surface area contributed by atoms with Crippen molar-refractivity contribution in [2.24, 2.45) is 7.05 Å². The van der Waals surface area contributed by atoms with E-state index in [-0.39, 0.29) is 6.61 Å². The zero-order valence-electron chi connectivity index (χ0n) is 7.01. The Bertz CT molecular complexity index is 406. The van der Waals surface area contributed by atoms with E-state index >= 15 is 0 Å². The molecule has 0 amide bonds. The van der Waals surface area contributed by atoms with Crippen molar-refractivity contribution in [2.45, 2.75) is 6.61 Å². The largest absolute Gasteiger partial charge is 0.441 e. The lowest BCUT2D eigenvalue weighted by molar-refractivity contribution is 0.277. The van der Waals surface area contributed by atoms with E-state index in [2.05, 4.69) is 15.2 Å². The van der Waals surface area contributed by atoms with Gasteiger partial charge in [0.1, 0.15) is 11.4 Å². The first-order valence-corrected chi connectivity index (χ1v) is 3.71. The number of aromatic nitrogens is 4. The molecule has 13 heavy (non-hydrogen) atoms. The monoisotopic (exact) mass is 180 g/mol. The fourth-order valence-corrected chi connectivity index (χ4v) is 1.04. The summed E-state index contributed by atoms with van der Waals surface area (Å²) in [6, 6.07) is 0. The number of hydrogen-bond acceptors (Lipinski definition) is 5. The molecule has 68 valence electrons. The average molecular weight is 180 g/mol. The van der Waals surface area contributed by atoms with E-state index in [9.17, 15) is 0 Å². The van der Waals surface area contributed by atoms with Crippen LogP contribution in [0, 0.1) is 0 Å². The molecule has 0 saturated heterocycles. The van der Waals surface area contributed by atoms with Crippen LogP contribution in [0.25, 0.3) is 11.5 Å². The highest BCUT2D eigenvalue weighted by atomic mass is 16.3. The third kappa shape index (κ3) is 1.31. The molecule has 0 aromatic carbocycles. The number of oxazole rings is 1. The summed E-state index contributed by atoms with van der Waals surface area (Å²) >= 11 is 0. The normalized spacial score (nSPS) is 10.6. The molecule has 2 aromatic heterocycles. The smallest absolute Gasteiger partial charge is 0.181 e. The lowest BCUT2D eigenvalue weighted by Gasteiger charge is -1.90. The summed E-state index contributed by atoms with van der Waals surface area (Å²) in [6.07, 6.45) is 2.83. The van der Waals surface area contributed by atoms with Crippen molar-refractivity contribution < 1.29 is 9.52 Å². The molecule has 0 radical (unpaired) electrons. The van der Waals surface area contributed by atoms with Crippen molar-refractivity contribution in [1.29, 1.82) is 0 Å². The Morgan fingerprint density at radius 1 is 1.62 bits per heavy atom. The second kappa shape index (κ2) is 2.98. The summed E-state index contributed by atoms with van der Waals surface area (Å²) in [7, 11) is 1.71. The highest BCUT2D eigenvalue weighted by Gasteiger charge is 2.12. The number of rotatable bonds is 2. The van der Waals surface area contributed by atoms with E-state index in [1.165, 1.54) is 11.2 Å². The molecule has 0 aliphatic heterocycles. The van der Waals surface area contributed by atoms with Gasteiger partial charge >= 0.3 is 0 Å². The van der Waals surface area contributed by atoms with Crippen LogP contribution < -0.4 is 0 Å². The van der Waals surface area contributed by atoms with Gasteiger partial charge in [-0.25, -0.2) is 4.98 Å². The topological polar surface area (TPSA) is 77.0 Å². The Morgan fingerprint density at radius 3 is 3.08 bits per heavy atom. The Labute approximate surface area is 73.8 Å². The maximum Gasteiger partial charge on any atom is 0.181 e. The molecule has 0 bridgehead atoms. The lowest BCUT2D eigenvalue weighted by atomic mass is 10.3. The van der Waals surface area contributed by atoms with Gasteiger partial charge in [-0.05, 0) is 0 Å². The van der Waals surface area contributed by atoms with E-state index in [0.29, 0.717) is 17.1 Å². The SMILES string of the molecule is Cn1ncc(-c2ocnc2CO)n1. The van der Waals surface area contributed by atoms with Crippen LogP contribution >= 0.6 is 0 Å². The molecule has 0 saturated carbocycles. The van der Waals surface area contributed by atoms with Gasteiger partial charge in [0.25, 0.3) is 0 Å². The molecule has 2 rings (SSSR count). The molecule has 1 N–H and O–H groups in total. The van der Waals surface area contributed by atoms with Crippen molar-refractivity contribution in [3.8, 4) is 11.5 Å². The van der Waals surface area contributed by atoms with Crippen molar-refractivity contribution in [3.63, 3.8) is 0 Å². The van der Waals surface area contributed by atoms with Crippen molar-refractivity contribution in [3.05, 3.63) is 18.3 Å². The van der Waals surface area contributed by atoms with Gasteiger partial charge in [0.15, 0.2) is 12.2 Å². The van der Waals surface area contributed by atoms with Gasteiger partial charge in [0.2, 0.25) is 0 Å². The number of hydrogen-bond donors (Lipinski definition) is 1. The highest BCUT2D eigenvalue weighted by molar-refractivity contribution is 5.52. The predicted molar refractivity (Wildman–Crippen MR) is 42.4 cm³/mol. The van der Waals surface area contributed by atoms with Gasteiger partial charge in [-0.2, -0.15) is 15.0 Å². The molecule has 2 heterocycles. The van der Waals surface area contributed by atoms with E-state index in [1.807, 2.05) is 0 Å². The maximum atomic E-state index is 8.90. The third-order valence-electron chi connectivity index (χ3n) is 1.62. The molecule has 0 atom stereocenters. The molecule has 6 heteroatoms. The minimum Gasteiger partial charge on any atom is -0.441 e. The summed E-state index contributed by atoms with van der Waals surface area (Å²) in [4.78, 5) is 5.24. The van der Waals surface area contributed by atoms with Crippen molar-refractivity contribution in [1.82, 2.24) is 20.0 Å². The number of nitrogens with zero attached hydrogens (tertiary/aromatic N) is 4. The number of aryl methyl sites for hydroxylation is 1. The van der Waals surface area contributed by atoms with Crippen molar-refractivity contribution in [2.75, 3.05) is 0 Å². The van der Waals surface area contributed by atoms with Crippen LogP contribution in [0.5, 0.6) is 0 Å². The minimum absolute atomic E-state index is 0.164. The van der Waals surface area contributed by atoms with Crippen LogP contribution in [0.1, 0.15) is 5.69 Å². The molecule has 6 nitrogen and oxygen atoms in total. The third-order valence-corrected chi connectivity index (χ3v) is 1.62. The van der Waals surface area contributed by atoms with E-state index in [1.54, 1.807) is 13.2 Å². The van der Waals surface area contributed by atoms with Crippen LogP contribution in [0.4, 0.5) is 0 Å². The molecule has 0 unspecified atom stereocenters. The second-order valence-electron chi connectivity index (χ2n) is 2.51. The fourth-order valence-electron chi connectivity index (χ4n) is 1.04. The van der Waals surface area contributed by atoms with Crippen LogP contribution in [0.2, 0.25) is 0 Å². The molecular weight excluding hydrogens is 172 g/mol. The molecule has 0 aliphatic rings. The summed E-state index contributed by atoms with van der Waals surface area (Å²) in [5, 5.41) is 16.8. The zero-order chi connectivity index (χ0) is 9.26. The van der Waals surface area contributed by atoms with Gasteiger partial charge in [-0.3, -0.25) is 0 Å². The first kappa shape index (κ1) is 7.93. The Kier molecular flexibility index (Phi) is 1.82. The van der Waals surface area contributed by atoms with Gasteiger partial charge in [0.05, 0.1) is 12.8 Å². The summed E-state index contributed by atoms with van der Waals surface area (Å²) in [5.74, 6) is 0.468. The molecule has 0 spiro atoms. The Morgan fingerprint density at radius 2 is 2.46 bits per heavy atom. The molecule has 2 aromatic rings. The summed E-state index contributed by atoms with van der Waals surface area (Å²) < 4.78 is 5.07. The number of aliphatic hydroxyl groups is 1. The molecule has 0 fully saturated rings. The second-order valence-corrected chi connectivity index (χ2v) is 2.51. The first-order chi connectivity index (χ1) is 6.31. The molecular formula is C7H8N4O2. The summed E-state index contributed by atoms with van der Waals surface area (Å²) in [5.41, 5.74) is 1.05. The quantitative estimate of drug-likeness (QED) is 0.701. The zero-order valence-corrected chi connectivity index (χ0v) is 7.01. The van der Waals surface area contributed by atoms with E-state index in [4.69, 9.17) is 9.52 Å². The first-order valence-electron chi connectivity index (χ1n) is 3.71.